The first-order chi connectivity index (χ1) is 13.7. The van der Waals surface area contributed by atoms with Crippen LogP contribution in [0.3, 0.4) is 0 Å². The summed E-state index contributed by atoms with van der Waals surface area (Å²) in [6.07, 6.45) is 1.04. The van der Waals surface area contributed by atoms with E-state index >= 15 is 0 Å². The van der Waals surface area contributed by atoms with Gasteiger partial charge in [-0.1, -0.05) is 18.2 Å². The fourth-order valence-electron chi connectivity index (χ4n) is 3.38. The summed E-state index contributed by atoms with van der Waals surface area (Å²) in [7, 11) is 1.65. The fraction of sp³-hybridized carbons (Fsp3) is 0.273. The van der Waals surface area contributed by atoms with Crippen LogP contribution in [0.2, 0.25) is 0 Å². The smallest absolute Gasteiger partial charge is 0.138 e. The van der Waals surface area contributed by atoms with Gasteiger partial charge in [0.2, 0.25) is 0 Å². The molecule has 0 unspecified atom stereocenters. The summed E-state index contributed by atoms with van der Waals surface area (Å²) in [4.78, 5) is 11.4. The second-order valence-corrected chi connectivity index (χ2v) is 6.64. The molecule has 0 bridgehead atoms. The molecule has 2 heterocycles. The summed E-state index contributed by atoms with van der Waals surface area (Å²) in [5.74, 6) is 4.12. The molecule has 0 aliphatic carbocycles. The van der Waals surface area contributed by atoms with Crippen molar-refractivity contribution in [3.05, 3.63) is 66.0 Å². The van der Waals surface area contributed by atoms with Gasteiger partial charge in [0.25, 0.3) is 0 Å². The molecule has 6 heteroatoms. The van der Waals surface area contributed by atoms with Crippen LogP contribution in [-0.4, -0.2) is 36.8 Å². The van der Waals surface area contributed by atoms with Crippen LogP contribution in [0.5, 0.6) is 11.5 Å². The van der Waals surface area contributed by atoms with Crippen LogP contribution in [-0.2, 0) is 6.42 Å². The third-order valence-electron chi connectivity index (χ3n) is 4.72. The van der Waals surface area contributed by atoms with E-state index in [1.165, 1.54) is 11.3 Å². The monoisotopic (exact) mass is 376 g/mol. The van der Waals surface area contributed by atoms with Gasteiger partial charge >= 0.3 is 0 Å². The maximum Gasteiger partial charge on any atom is 0.138 e. The van der Waals surface area contributed by atoms with Crippen LogP contribution in [0.25, 0.3) is 0 Å². The number of hydrogen-bond acceptors (Lipinski definition) is 6. The molecule has 4 rings (SSSR count). The van der Waals surface area contributed by atoms with Crippen LogP contribution in [0, 0.1) is 6.92 Å². The Bertz CT molecular complexity index is 944. The molecule has 0 radical (unpaired) electrons. The highest BCUT2D eigenvalue weighted by atomic mass is 16.5. The Hall–Kier alpha value is -3.28. The van der Waals surface area contributed by atoms with Gasteiger partial charge in [0.15, 0.2) is 0 Å². The summed E-state index contributed by atoms with van der Waals surface area (Å²) >= 11 is 0. The van der Waals surface area contributed by atoms with Gasteiger partial charge in [-0.2, -0.15) is 0 Å². The van der Waals surface area contributed by atoms with Gasteiger partial charge in [0.1, 0.15) is 35.6 Å². The molecule has 1 aromatic heterocycles. The van der Waals surface area contributed by atoms with Gasteiger partial charge in [-0.15, -0.1) is 0 Å². The topological polar surface area (TPSA) is 59.5 Å². The van der Waals surface area contributed by atoms with Gasteiger partial charge < -0.3 is 19.7 Å². The van der Waals surface area contributed by atoms with E-state index in [0.717, 1.165) is 41.9 Å². The number of methoxy groups -OCH3 is 1. The van der Waals surface area contributed by atoms with Gasteiger partial charge in [-0.05, 0) is 49.2 Å². The lowest BCUT2D eigenvalue weighted by Crippen LogP contribution is -2.17. The average molecular weight is 376 g/mol. The molecule has 6 nitrogen and oxygen atoms in total. The van der Waals surface area contributed by atoms with Crippen LogP contribution in [0.15, 0.2) is 54.6 Å². The quantitative estimate of drug-likeness (QED) is 0.630. The van der Waals surface area contributed by atoms with E-state index in [-0.39, 0.29) is 0 Å². The molecule has 2 aromatic carbocycles. The number of nitrogens with zero attached hydrogens (tertiary/aromatic N) is 3. The second-order valence-electron chi connectivity index (χ2n) is 6.64. The Balaban J connectivity index is 1.38. The number of benzene rings is 2. The van der Waals surface area contributed by atoms with Crippen molar-refractivity contribution in [2.45, 2.75) is 13.3 Å². The summed E-state index contributed by atoms with van der Waals surface area (Å²) < 4.78 is 10.9. The van der Waals surface area contributed by atoms with Crippen molar-refractivity contribution >= 4 is 17.3 Å². The van der Waals surface area contributed by atoms with Crippen LogP contribution < -0.4 is 19.7 Å². The Morgan fingerprint density at radius 1 is 1.04 bits per heavy atom. The highest BCUT2D eigenvalue weighted by Gasteiger charge is 2.21. The standard InChI is InChI=1S/C22H24N4O2/c1-16-24-21(23-12-14-28-19-9-7-18(27-2)8-10-19)15-22(25-16)26-13-11-17-5-3-4-6-20(17)26/h3-10,15H,11-14H2,1-2H3,(H,23,24,25). The second kappa shape index (κ2) is 8.17. The van der Waals surface area contributed by atoms with Crippen LogP contribution >= 0.6 is 0 Å². The maximum atomic E-state index is 5.76. The minimum atomic E-state index is 0.539. The van der Waals surface area contributed by atoms with Crippen molar-refractivity contribution in [3.63, 3.8) is 0 Å². The average Bonchev–Trinajstić information content (AvgIpc) is 3.15. The number of aryl methyl sites for hydroxylation is 1. The third-order valence-corrected chi connectivity index (χ3v) is 4.72. The zero-order chi connectivity index (χ0) is 19.3. The Morgan fingerprint density at radius 3 is 2.64 bits per heavy atom. The maximum absolute atomic E-state index is 5.76. The molecule has 0 spiro atoms. The highest BCUT2D eigenvalue weighted by molar-refractivity contribution is 5.68. The largest absolute Gasteiger partial charge is 0.497 e. The fourth-order valence-corrected chi connectivity index (χ4v) is 3.38. The molecular formula is C22H24N4O2. The highest BCUT2D eigenvalue weighted by Crippen LogP contribution is 2.33. The molecular weight excluding hydrogens is 352 g/mol. The summed E-state index contributed by atoms with van der Waals surface area (Å²) in [6, 6.07) is 18.1. The first-order valence-electron chi connectivity index (χ1n) is 9.45. The van der Waals surface area contributed by atoms with Gasteiger partial charge in [-0.25, -0.2) is 9.97 Å². The number of hydrogen-bond donors (Lipinski definition) is 1. The predicted octanol–water partition coefficient (Wildman–Crippen LogP) is 3.98. The molecule has 0 atom stereocenters. The summed E-state index contributed by atoms with van der Waals surface area (Å²) in [5, 5.41) is 3.34. The van der Waals surface area contributed by atoms with Crippen LogP contribution in [0.4, 0.5) is 17.3 Å². The third kappa shape index (κ3) is 4.01. The van der Waals surface area contributed by atoms with E-state index in [4.69, 9.17) is 9.47 Å². The molecule has 1 aliphatic heterocycles. The number of ether oxygens (including phenoxy) is 2. The lowest BCUT2D eigenvalue weighted by molar-refractivity contribution is 0.331. The van der Waals surface area contributed by atoms with E-state index in [1.807, 2.05) is 37.3 Å². The number of para-hydroxylation sites is 1. The zero-order valence-electron chi connectivity index (χ0n) is 16.2. The lowest BCUT2D eigenvalue weighted by atomic mass is 10.2. The van der Waals surface area contributed by atoms with Crippen molar-refractivity contribution in [1.82, 2.24) is 9.97 Å². The Kier molecular flexibility index (Phi) is 5.28. The Morgan fingerprint density at radius 2 is 1.82 bits per heavy atom. The van der Waals surface area contributed by atoms with Crippen molar-refractivity contribution in [3.8, 4) is 11.5 Å². The van der Waals surface area contributed by atoms with E-state index in [1.54, 1.807) is 7.11 Å². The van der Waals surface area contributed by atoms with Crippen molar-refractivity contribution < 1.29 is 9.47 Å². The lowest BCUT2D eigenvalue weighted by Gasteiger charge is -2.19. The molecule has 144 valence electrons. The molecule has 1 N–H and O–H groups in total. The van der Waals surface area contributed by atoms with E-state index < -0.39 is 0 Å². The molecule has 0 amide bonds. The van der Waals surface area contributed by atoms with E-state index in [0.29, 0.717) is 13.2 Å². The number of nitrogens with one attached hydrogen (secondary N) is 1. The first kappa shape index (κ1) is 18.1. The normalized spacial score (nSPS) is 12.6. The van der Waals surface area contributed by atoms with E-state index in [2.05, 4.69) is 44.5 Å². The molecule has 0 saturated heterocycles. The van der Waals surface area contributed by atoms with Gasteiger partial charge in [0.05, 0.1) is 13.7 Å². The van der Waals surface area contributed by atoms with Crippen molar-refractivity contribution in [2.75, 3.05) is 37.0 Å². The Labute approximate surface area is 165 Å². The van der Waals surface area contributed by atoms with Gasteiger partial charge in [-0.3, -0.25) is 0 Å². The molecule has 1 aliphatic rings. The number of anilines is 3. The molecule has 3 aromatic rings. The number of fused-ring (bicyclic) bond motifs is 1. The molecule has 0 fully saturated rings. The van der Waals surface area contributed by atoms with Crippen molar-refractivity contribution in [2.24, 2.45) is 0 Å². The summed E-state index contributed by atoms with van der Waals surface area (Å²) in [5.41, 5.74) is 2.59. The SMILES string of the molecule is COc1ccc(OCCNc2cc(N3CCc4ccccc43)nc(C)n2)cc1. The molecule has 0 saturated carbocycles. The first-order valence-corrected chi connectivity index (χ1v) is 9.45. The van der Waals surface area contributed by atoms with E-state index in [9.17, 15) is 0 Å². The summed E-state index contributed by atoms with van der Waals surface area (Å²) in [6.45, 7) is 4.05. The minimum Gasteiger partial charge on any atom is -0.497 e. The zero-order valence-corrected chi connectivity index (χ0v) is 16.2. The molecule has 28 heavy (non-hydrogen) atoms. The minimum absolute atomic E-state index is 0.539. The van der Waals surface area contributed by atoms with Crippen molar-refractivity contribution in [1.29, 1.82) is 0 Å². The number of aromatic nitrogens is 2. The predicted molar refractivity (Wildman–Crippen MR) is 111 cm³/mol. The number of rotatable bonds is 7. The van der Waals surface area contributed by atoms with Crippen LogP contribution in [0.1, 0.15) is 11.4 Å². The van der Waals surface area contributed by atoms with Gasteiger partial charge in [0, 0.05) is 18.3 Å².